The molecular weight excluding hydrogens is 292 g/mol. The number of rotatable bonds is 8. The van der Waals surface area contributed by atoms with Gasteiger partial charge in [0, 0.05) is 19.5 Å². The van der Waals surface area contributed by atoms with Crippen molar-refractivity contribution in [3.8, 4) is 6.07 Å². The van der Waals surface area contributed by atoms with Gasteiger partial charge < -0.3 is 5.11 Å². The summed E-state index contributed by atoms with van der Waals surface area (Å²) < 4.78 is 26.1. The summed E-state index contributed by atoms with van der Waals surface area (Å²) in [5.41, 5.74) is 0.405. The highest BCUT2D eigenvalue weighted by Crippen LogP contribution is 2.18. The van der Waals surface area contributed by atoms with Gasteiger partial charge in [-0.25, -0.2) is 8.42 Å². The summed E-state index contributed by atoms with van der Waals surface area (Å²) in [4.78, 5) is 10.7. The van der Waals surface area contributed by atoms with E-state index < -0.39 is 16.0 Å². The van der Waals surface area contributed by atoms with E-state index in [0.29, 0.717) is 5.56 Å². The zero-order chi connectivity index (χ0) is 15.9. The number of carbonyl (C=O) groups is 1. The second-order valence-electron chi connectivity index (χ2n) is 4.28. The number of carboxylic acids is 1. The lowest BCUT2D eigenvalue weighted by atomic mass is 10.2. The van der Waals surface area contributed by atoms with Gasteiger partial charge in [0.15, 0.2) is 0 Å². The van der Waals surface area contributed by atoms with Crippen LogP contribution in [-0.2, 0) is 21.2 Å². The average molecular weight is 308 g/mol. The number of carboxylic acid groups (broad SMARTS) is 1. The maximum atomic E-state index is 12.5. The minimum absolute atomic E-state index is 0.0149. The fourth-order valence-corrected chi connectivity index (χ4v) is 3.25. The molecule has 0 heterocycles. The first kappa shape index (κ1) is 16.9. The molecule has 1 aromatic carbocycles. The first-order valence-electron chi connectivity index (χ1n) is 6.20. The molecule has 0 bridgehead atoms. The predicted octanol–water partition coefficient (Wildman–Crippen LogP) is 1.40. The second kappa shape index (κ2) is 7.57. The minimum Gasteiger partial charge on any atom is -0.481 e. The summed E-state index contributed by atoms with van der Waals surface area (Å²) in [6, 6.07) is 7.70. The standard InChI is InChI=1S/C14H16N2O4S/c1-2-8-16(9-4-7-15)21(19,20)13-6-3-5-12(10-13)11-14(17)18/h2-3,5-6,10H,1,4,8-9,11H2,(H,17,18). The number of nitriles is 1. The molecule has 21 heavy (non-hydrogen) atoms. The average Bonchev–Trinajstić information content (AvgIpc) is 2.43. The van der Waals surface area contributed by atoms with Crippen LogP contribution in [0.4, 0.5) is 0 Å². The number of benzene rings is 1. The van der Waals surface area contributed by atoms with Crippen LogP contribution >= 0.6 is 0 Å². The summed E-state index contributed by atoms with van der Waals surface area (Å²) >= 11 is 0. The number of hydrogen-bond acceptors (Lipinski definition) is 4. The maximum Gasteiger partial charge on any atom is 0.307 e. The quantitative estimate of drug-likeness (QED) is 0.732. The molecule has 0 unspecified atom stereocenters. The van der Waals surface area contributed by atoms with Crippen molar-refractivity contribution in [2.24, 2.45) is 0 Å². The fraction of sp³-hybridized carbons (Fsp3) is 0.286. The van der Waals surface area contributed by atoms with E-state index >= 15 is 0 Å². The van der Waals surface area contributed by atoms with Crippen LogP contribution in [0.3, 0.4) is 0 Å². The number of sulfonamides is 1. The van der Waals surface area contributed by atoms with E-state index in [9.17, 15) is 13.2 Å². The third kappa shape index (κ3) is 4.70. The molecule has 0 aromatic heterocycles. The molecule has 0 aliphatic carbocycles. The van der Waals surface area contributed by atoms with E-state index in [-0.39, 0.29) is 30.8 Å². The van der Waals surface area contributed by atoms with E-state index in [1.165, 1.54) is 24.3 Å². The molecule has 0 saturated heterocycles. The Balaban J connectivity index is 3.12. The minimum atomic E-state index is -3.78. The van der Waals surface area contributed by atoms with Crippen molar-refractivity contribution in [1.29, 1.82) is 5.26 Å². The van der Waals surface area contributed by atoms with Crippen molar-refractivity contribution in [1.82, 2.24) is 4.31 Å². The topological polar surface area (TPSA) is 98.5 Å². The van der Waals surface area contributed by atoms with Gasteiger partial charge in [0.2, 0.25) is 10.0 Å². The van der Waals surface area contributed by atoms with Crippen molar-refractivity contribution in [3.05, 3.63) is 42.5 Å². The van der Waals surface area contributed by atoms with E-state index in [0.717, 1.165) is 4.31 Å². The number of hydrogen-bond donors (Lipinski definition) is 1. The molecule has 0 atom stereocenters. The Labute approximate surface area is 124 Å². The van der Waals surface area contributed by atoms with Crippen LogP contribution in [0.1, 0.15) is 12.0 Å². The van der Waals surface area contributed by atoms with Crippen LogP contribution < -0.4 is 0 Å². The van der Waals surface area contributed by atoms with Gasteiger partial charge in [0.1, 0.15) is 0 Å². The van der Waals surface area contributed by atoms with Crippen LogP contribution in [-0.4, -0.2) is 36.9 Å². The smallest absolute Gasteiger partial charge is 0.307 e. The number of aliphatic carboxylic acids is 1. The van der Waals surface area contributed by atoms with Gasteiger partial charge in [0.25, 0.3) is 0 Å². The SMILES string of the molecule is C=CCN(CCC#N)S(=O)(=O)c1cccc(CC(=O)O)c1. The Hall–Kier alpha value is -2.17. The zero-order valence-corrected chi connectivity index (χ0v) is 12.2. The van der Waals surface area contributed by atoms with E-state index in [1.807, 2.05) is 6.07 Å². The lowest BCUT2D eigenvalue weighted by Gasteiger charge is -2.19. The van der Waals surface area contributed by atoms with Gasteiger partial charge in [-0.2, -0.15) is 9.57 Å². The third-order valence-corrected chi connectivity index (χ3v) is 4.56. The molecule has 0 amide bonds. The molecule has 0 radical (unpaired) electrons. The largest absolute Gasteiger partial charge is 0.481 e. The molecule has 0 fully saturated rings. The summed E-state index contributed by atoms with van der Waals surface area (Å²) in [5.74, 6) is -1.03. The molecule has 1 N–H and O–H groups in total. The molecule has 7 heteroatoms. The van der Waals surface area contributed by atoms with Crippen LogP contribution in [0.15, 0.2) is 41.8 Å². The normalized spacial score (nSPS) is 11.0. The Bertz CT molecular complexity index is 662. The number of nitrogens with zero attached hydrogens (tertiary/aromatic N) is 2. The molecule has 0 saturated carbocycles. The summed E-state index contributed by atoms with van der Waals surface area (Å²) in [6.07, 6.45) is 1.26. The molecule has 1 aromatic rings. The van der Waals surface area contributed by atoms with Crippen molar-refractivity contribution in [3.63, 3.8) is 0 Å². The Kier molecular flexibility index (Phi) is 6.09. The van der Waals surface area contributed by atoms with Gasteiger partial charge in [-0.05, 0) is 17.7 Å². The van der Waals surface area contributed by atoms with Crippen LogP contribution in [0, 0.1) is 11.3 Å². The van der Waals surface area contributed by atoms with Gasteiger partial charge in [-0.3, -0.25) is 4.79 Å². The molecule has 0 aliphatic heterocycles. The maximum absolute atomic E-state index is 12.5. The van der Waals surface area contributed by atoms with Gasteiger partial charge in [-0.15, -0.1) is 6.58 Å². The third-order valence-electron chi connectivity index (χ3n) is 2.70. The van der Waals surface area contributed by atoms with Crippen molar-refractivity contribution in [2.45, 2.75) is 17.7 Å². The highest BCUT2D eigenvalue weighted by Gasteiger charge is 2.23. The van der Waals surface area contributed by atoms with E-state index in [2.05, 4.69) is 6.58 Å². The summed E-state index contributed by atoms with van der Waals surface area (Å²) in [5, 5.41) is 17.4. The predicted molar refractivity (Wildman–Crippen MR) is 77.0 cm³/mol. The van der Waals surface area contributed by atoms with Gasteiger partial charge in [0.05, 0.1) is 17.4 Å². The Morgan fingerprint density at radius 3 is 2.76 bits per heavy atom. The summed E-state index contributed by atoms with van der Waals surface area (Å²) in [7, 11) is -3.78. The Morgan fingerprint density at radius 2 is 2.19 bits per heavy atom. The lowest BCUT2D eigenvalue weighted by molar-refractivity contribution is -0.136. The molecule has 0 spiro atoms. The van der Waals surface area contributed by atoms with Crippen LogP contribution in [0.25, 0.3) is 0 Å². The molecule has 0 aliphatic rings. The van der Waals surface area contributed by atoms with Crippen LogP contribution in [0.5, 0.6) is 0 Å². The highest BCUT2D eigenvalue weighted by atomic mass is 32.2. The van der Waals surface area contributed by atoms with Gasteiger partial charge in [-0.1, -0.05) is 18.2 Å². The van der Waals surface area contributed by atoms with Crippen molar-refractivity contribution < 1.29 is 18.3 Å². The first-order valence-corrected chi connectivity index (χ1v) is 7.64. The summed E-state index contributed by atoms with van der Waals surface area (Å²) in [6.45, 7) is 3.66. The highest BCUT2D eigenvalue weighted by molar-refractivity contribution is 7.89. The molecule has 112 valence electrons. The van der Waals surface area contributed by atoms with Gasteiger partial charge >= 0.3 is 5.97 Å². The molecule has 6 nitrogen and oxygen atoms in total. The lowest BCUT2D eigenvalue weighted by Crippen LogP contribution is -2.32. The molecule has 1 rings (SSSR count). The van der Waals surface area contributed by atoms with Crippen molar-refractivity contribution in [2.75, 3.05) is 13.1 Å². The van der Waals surface area contributed by atoms with E-state index in [4.69, 9.17) is 10.4 Å². The van der Waals surface area contributed by atoms with Crippen molar-refractivity contribution >= 4 is 16.0 Å². The Morgan fingerprint density at radius 1 is 1.48 bits per heavy atom. The first-order chi connectivity index (χ1) is 9.91. The monoisotopic (exact) mass is 308 g/mol. The molecular formula is C14H16N2O4S. The van der Waals surface area contributed by atoms with E-state index in [1.54, 1.807) is 6.07 Å². The van der Waals surface area contributed by atoms with Crippen LogP contribution in [0.2, 0.25) is 0 Å². The second-order valence-corrected chi connectivity index (χ2v) is 6.22. The fourth-order valence-electron chi connectivity index (χ4n) is 1.77. The zero-order valence-electron chi connectivity index (χ0n) is 11.4.